The summed E-state index contributed by atoms with van der Waals surface area (Å²) in [5.41, 5.74) is 1.36. The maximum absolute atomic E-state index is 13.7. The van der Waals surface area contributed by atoms with E-state index in [0.717, 1.165) is 24.2 Å². The number of alkyl halides is 2. The van der Waals surface area contributed by atoms with Crippen molar-refractivity contribution in [1.82, 2.24) is 15.2 Å². The average molecular weight is 346 g/mol. The Bertz CT molecular complexity index is 785. The van der Waals surface area contributed by atoms with Crippen molar-refractivity contribution < 1.29 is 13.6 Å². The Morgan fingerprint density at radius 1 is 1.32 bits per heavy atom. The first kappa shape index (κ1) is 16.2. The first-order chi connectivity index (χ1) is 12.0. The number of carbonyl (C=O) groups excluding carboxylic acids is 1. The van der Waals surface area contributed by atoms with E-state index in [1.165, 1.54) is 0 Å². The Kier molecular flexibility index (Phi) is 4.01. The molecule has 1 aromatic carbocycles. The van der Waals surface area contributed by atoms with Crippen molar-refractivity contribution in [3.8, 4) is 11.4 Å². The van der Waals surface area contributed by atoms with Gasteiger partial charge in [-0.2, -0.15) is 5.10 Å². The number of rotatable bonds is 5. The fraction of sp³-hybridized carbons (Fsp3) is 0.500. The molecule has 1 amide bonds. The van der Waals surface area contributed by atoms with Gasteiger partial charge in [-0.3, -0.25) is 9.89 Å². The topological polar surface area (TPSA) is 70.7 Å². The van der Waals surface area contributed by atoms with Crippen molar-refractivity contribution in [3.05, 3.63) is 30.1 Å². The smallest absolute Gasteiger partial charge is 0.251 e. The molecule has 4 rings (SSSR count). The van der Waals surface area contributed by atoms with Gasteiger partial charge in [-0.15, -0.1) is 0 Å². The van der Waals surface area contributed by atoms with E-state index in [9.17, 15) is 13.6 Å². The molecule has 25 heavy (non-hydrogen) atoms. The second kappa shape index (κ2) is 6.20. The van der Waals surface area contributed by atoms with Gasteiger partial charge in [0.15, 0.2) is 5.82 Å². The fourth-order valence-electron chi connectivity index (χ4n) is 3.37. The number of nitrogens with zero attached hydrogens (tertiary/aromatic N) is 2. The summed E-state index contributed by atoms with van der Waals surface area (Å²) < 4.78 is 27.3. The van der Waals surface area contributed by atoms with Gasteiger partial charge in [0.1, 0.15) is 5.82 Å². The molecule has 5 nitrogen and oxygen atoms in total. The van der Waals surface area contributed by atoms with Gasteiger partial charge in [0.2, 0.25) is 5.91 Å². The largest absolute Gasteiger partial charge is 0.326 e. The second-order valence-corrected chi connectivity index (χ2v) is 7.00. The van der Waals surface area contributed by atoms with Gasteiger partial charge in [-0.1, -0.05) is 12.1 Å². The first-order valence-electron chi connectivity index (χ1n) is 8.72. The summed E-state index contributed by atoms with van der Waals surface area (Å²) in [6.07, 6.45) is 2.89. The monoisotopic (exact) mass is 346 g/mol. The Hall–Kier alpha value is -2.31. The Morgan fingerprint density at radius 3 is 2.88 bits per heavy atom. The van der Waals surface area contributed by atoms with Gasteiger partial charge >= 0.3 is 0 Å². The molecule has 2 aliphatic carbocycles. The molecule has 2 aromatic rings. The number of H-pyrrole nitrogens is 1. The Balaban J connectivity index is 1.43. The minimum atomic E-state index is -2.72. The van der Waals surface area contributed by atoms with Crippen molar-refractivity contribution in [3.63, 3.8) is 0 Å². The lowest BCUT2D eigenvalue weighted by Crippen LogP contribution is -2.26. The molecular formula is C18H20F2N4O. The molecular weight excluding hydrogens is 326 g/mol. The van der Waals surface area contributed by atoms with E-state index >= 15 is 0 Å². The van der Waals surface area contributed by atoms with Crippen LogP contribution in [0.5, 0.6) is 0 Å². The van der Waals surface area contributed by atoms with Crippen LogP contribution in [-0.4, -0.2) is 27.0 Å². The first-order valence-corrected chi connectivity index (χ1v) is 8.72. The molecule has 7 heteroatoms. The van der Waals surface area contributed by atoms with Gasteiger partial charge in [0, 0.05) is 35.9 Å². The summed E-state index contributed by atoms with van der Waals surface area (Å²) in [5.74, 6) is -2.00. The molecule has 1 heterocycles. The molecule has 1 atom stereocenters. The molecule has 2 fully saturated rings. The minimum Gasteiger partial charge on any atom is -0.326 e. The van der Waals surface area contributed by atoms with Gasteiger partial charge in [0.25, 0.3) is 5.92 Å². The molecule has 0 aliphatic heterocycles. The Labute approximate surface area is 144 Å². The number of aromatic nitrogens is 3. The van der Waals surface area contributed by atoms with E-state index in [4.69, 9.17) is 0 Å². The number of anilines is 1. The number of amides is 1. The van der Waals surface area contributed by atoms with E-state index in [1.54, 1.807) is 18.2 Å². The molecule has 132 valence electrons. The third-order valence-electron chi connectivity index (χ3n) is 4.96. The fourth-order valence-corrected chi connectivity index (χ4v) is 3.37. The highest BCUT2D eigenvalue weighted by molar-refractivity contribution is 5.91. The van der Waals surface area contributed by atoms with Gasteiger partial charge < -0.3 is 5.32 Å². The van der Waals surface area contributed by atoms with Crippen LogP contribution in [-0.2, 0) is 4.79 Å². The molecule has 0 radical (unpaired) electrons. The highest BCUT2D eigenvalue weighted by atomic mass is 19.3. The lowest BCUT2D eigenvalue weighted by atomic mass is 10.0. The van der Waals surface area contributed by atoms with Gasteiger partial charge in [0.05, 0.1) is 0 Å². The lowest BCUT2D eigenvalue weighted by Gasteiger charge is -2.18. The van der Waals surface area contributed by atoms with Crippen LogP contribution in [0.15, 0.2) is 24.3 Å². The van der Waals surface area contributed by atoms with Crippen molar-refractivity contribution >= 4 is 11.6 Å². The van der Waals surface area contributed by atoms with Crippen molar-refractivity contribution in [1.29, 1.82) is 0 Å². The molecule has 2 saturated carbocycles. The quantitative estimate of drug-likeness (QED) is 0.856. The van der Waals surface area contributed by atoms with E-state index < -0.39 is 11.8 Å². The minimum absolute atomic E-state index is 0.116. The molecule has 1 aromatic heterocycles. The predicted octanol–water partition coefficient (Wildman–Crippen LogP) is 4.11. The predicted molar refractivity (Wildman–Crippen MR) is 89.3 cm³/mol. The highest BCUT2D eigenvalue weighted by Crippen LogP contribution is 2.42. The molecule has 0 spiro atoms. The molecule has 1 unspecified atom stereocenters. The lowest BCUT2D eigenvalue weighted by molar-refractivity contribution is -0.120. The van der Waals surface area contributed by atoms with Crippen LogP contribution in [0.1, 0.15) is 50.3 Å². The summed E-state index contributed by atoms with van der Waals surface area (Å²) in [5, 5.41) is 9.89. The van der Waals surface area contributed by atoms with Crippen molar-refractivity contribution in [2.24, 2.45) is 5.92 Å². The van der Waals surface area contributed by atoms with Gasteiger partial charge in [-0.05, 0) is 37.8 Å². The van der Waals surface area contributed by atoms with Gasteiger partial charge in [-0.25, -0.2) is 13.8 Å². The number of benzene rings is 1. The van der Waals surface area contributed by atoms with E-state index in [-0.39, 0.29) is 18.7 Å². The normalized spacial score (nSPS) is 22.1. The third kappa shape index (κ3) is 3.55. The van der Waals surface area contributed by atoms with Crippen LogP contribution in [0.2, 0.25) is 0 Å². The summed E-state index contributed by atoms with van der Waals surface area (Å²) in [6.45, 7) is 0. The van der Waals surface area contributed by atoms with Crippen molar-refractivity contribution in [2.45, 2.75) is 50.4 Å². The van der Waals surface area contributed by atoms with Crippen molar-refractivity contribution in [2.75, 3.05) is 5.32 Å². The van der Waals surface area contributed by atoms with Crippen LogP contribution in [0.4, 0.5) is 14.5 Å². The number of hydrogen-bond acceptors (Lipinski definition) is 3. The van der Waals surface area contributed by atoms with Crippen LogP contribution < -0.4 is 5.32 Å². The standard InChI is InChI=1S/C18H20F2N4O/c19-18(20)8-2-4-13(18)10-15(25)21-14-5-1-3-12(9-14)17-22-16(23-24-17)11-6-7-11/h1,3,5,9,11,13H,2,4,6-8,10H2,(H,21,25)(H,22,23,24). The van der Waals surface area contributed by atoms with Crippen LogP contribution in [0.3, 0.4) is 0 Å². The maximum atomic E-state index is 13.7. The zero-order valence-electron chi connectivity index (χ0n) is 13.8. The number of hydrogen-bond donors (Lipinski definition) is 2. The summed E-state index contributed by atoms with van der Waals surface area (Å²) in [7, 11) is 0. The number of nitrogens with one attached hydrogen (secondary N) is 2. The SMILES string of the molecule is O=C(CC1CCCC1(F)F)Nc1cccc(-c2n[nH]c(C3CC3)n2)c1. The summed E-state index contributed by atoms with van der Waals surface area (Å²) in [4.78, 5) is 16.6. The maximum Gasteiger partial charge on any atom is 0.251 e. The van der Waals surface area contributed by atoms with E-state index in [2.05, 4.69) is 20.5 Å². The van der Waals surface area contributed by atoms with Crippen LogP contribution in [0, 0.1) is 5.92 Å². The summed E-state index contributed by atoms with van der Waals surface area (Å²) in [6, 6.07) is 7.16. The third-order valence-corrected chi connectivity index (χ3v) is 4.96. The van der Waals surface area contributed by atoms with E-state index in [0.29, 0.717) is 30.3 Å². The molecule has 0 bridgehead atoms. The van der Waals surface area contributed by atoms with E-state index in [1.807, 2.05) is 6.07 Å². The molecule has 2 aliphatic rings. The average Bonchev–Trinajstić information content (AvgIpc) is 3.21. The molecule has 2 N–H and O–H groups in total. The van der Waals surface area contributed by atoms with Crippen LogP contribution >= 0.6 is 0 Å². The zero-order valence-corrected chi connectivity index (χ0v) is 13.8. The second-order valence-electron chi connectivity index (χ2n) is 7.00. The zero-order chi connectivity index (χ0) is 17.4. The summed E-state index contributed by atoms with van der Waals surface area (Å²) >= 11 is 0. The Morgan fingerprint density at radius 2 is 2.16 bits per heavy atom. The molecule has 0 saturated heterocycles. The number of halogens is 2. The number of aromatic amines is 1. The van der Waals surface area contributed by atoms with Crippen LogP contribution in [0.25, 0.3) is 11.4 Å². The number of carbonyl (C=O) groups is 1. The highest BCUT2D eigenvalue weighted by Gasteiger charge is 2.44.